The van der Waals surface area contributed by atoms with Crippen molar-refractivity contribution >= 4 is 8.80 Å². The first-order valence-electron chi connectivity index (χ1n) is 6.53. The predicted molar refractivity (Wildman–Crippen MR) is 76.9 cm³/mol. The number of pyridine rings is 1. The average molecular weight is 284 g/mol. The van der Waals surface area contributed by atoms with Crippen LogP contribution in [0.5, 0.6) is 0 Å². The quantitative estimate of drug-likeness (QED) is 0.592. The molecule has 1 heterocycles. The molecule has 0 saturated carbocycles. The maximum absolute atomic E-state index is 5.46. The Labute approximate surface area is 117 Å². The second-order valence-corrected chi connectivity index (χ2v) is 8.67. The maximum Gasteiger partial charge on any atom is 0.506 e. The van der Waals surface area contributed by atoms with Crippen LogP contribution in [0.4, 0.5) is 0 Å². The van der Waals surface area contributed by atoms with Crippen molar-refractivity contribution in [2.24, 2.45) is 0 Å². The summed E-state index contributed by atoms with van der Waals surface area (Å²) in [6, 6.07) is 7.04. The first-order chi connectivity index (χ1) is 8.88. The van der Waals surface area contributed by atoms with Crippen LogP contribution >= 0.6 is 0 Å². The van der Waals surface area contributed by atoms with Crippen molar-refractivity contribution < 1.29 is 17.8 Å². The number of aryl methyl sites for hydroxylation is 1. The van der Waals surface area contributed by atoms with E-state index in [0.29, 0.717) is 0 Å². The highest BCUT2D eigenvalue weighted by atomic mass is 28.4. The zero-order chi connectivity index (χ0) is 14.5. The number of hydrogen-bond donors (Lipinski definition) is 0. The Bertz CT molecular complexity index is 392. The summed E-state index contributed by atoms with van der Waals surface area (Å²) in [4.78, 5) is 0. The van der Waals surface area contributed by atoms with Gasteiger partial charge in [-0.2, -0.15) is 0 Å². The zero-order valence-corrected chi connectivity index (χ0v) is 13.9. The Kier molecular flexibility index (Phi) is 5.67. The molecule has 0 N–H and O–H groups in total. The standard InChI is InChI=1S/C14H26NO3Si/c1-14(2,3)13-9-7-8-10-15(13)11-12-19(16-4,17-5)18-6/h7-10H,11-12H2,1-6H3/q+1. The van der Waals surface area contributed by atoms with Crippen LogP contribution in [-0.4, -0.2) is 30.1 Å². The molecule has 0 fully saturated rings. The van der Waals surface area contributed by atoms with Crippen molar-refractivity contribution in [2.75, 3.05) is 21.3 Å². The fourth-order valence-electron chi connectivity index (χ4n) is 2.17. The predicted octanol–water partition coefficient (Wildman–Crippen LogP) is 2.15. The van der Waals surface area contributed by atoms with Crippen molar-refractivity contribution in [1.29, 1.82) is 0 Å². The van der Waals surface area contributed by atoms with Crippen LogP contribution in [0.2, 0.25) is 6.04 Å². The minimum absolute atomic E-state index is 0.110. The highest BCUT2D eigenvalue weighted by Crippen LogP contribution is 2.19. The molecule has 5 heteroatoms. The fourth-order valence-corrected chi connectivity index (χ4v) is 3.79. The van der Waals surface area contributed by atoms with Crippen LogP contribution < -0.4 is 4.57 Å². The molecule has 108 valence electrons. The van der Waals surface area contributed by atoms with Crippen LogP contribution in [0.3, 0.4) is 0 Å². The molecule has 1 rings (SSSR count). The van der Waals surface area contributed by atoms with E-state index < -0.39 is 8.80 Å². The van der Waals surface area contributed by atoms with Crippen molar-refractivity contribution in [3.8, 4) is 0 Å². The van der Waals surface area contributed by atoms with Crippen LogP contribution in [0.1, 0.15) is 26.5 Å². The van der Waals surface area contributed by atoms with Crippen LogP contribution in [-0.2, 0) is 25.2 Å². The van der Waals surface area contributed by atoms with Crippen molar-refractivity contribution in [3.05, 3.63) is 30.1 Å². The van der Waals surface area contributed by atoms with Gasteiger partial charge in [0.2, 0.25) is 0 Å². The van der Waals surface area contributed by atoms with Gasteiger partial charge in [0.15, 0.2) is 18.4 Å². The van der Waals surface area contributed by atoms with E-state index in [4.69, 9.17) is 13.3 Å². The third kappa shape index (κ3) is 4.11. The molecule has 0 amide bonds. The third-order valence-corrected chi connectivity index (χ3v) is 6.00. The molecule has 0 bridgehead atoms. The van der Waals surface area contributed by atoms with Crippen LogP contribution in [0.25, 0.3) is 0 Å². The largest absolute Gasteiger partial charge is 0.506 e. The molecule has 0 spiro atoms. The van der Waals surface area contributed by atoms with Gasteiger partial charge in [-0.3, -0.25) is 0 Å². The van der Waals surface area contributed by atoms with Gasteiger partial charge in [-0.1, -0.05) is 26.8 Å². The second-order valence-electron chi connectivity index (χ2n) is 5.57. The smallest absolute Gasteiger partial charge is 0.377 e. The summed E-state index contributed by atoms with van der Waals surface area (Å²) in [6.45, 7) is 7.47. The van der Waals surface area contributed by atoms with Crippen molar-refractivity contribution in [3.63, 3.8) is 0 Å². The zero-order valence-electron chi connectivity index (χ0n) is 12.9. The lowest BCUT2D eigenvalue weighted by atomic mass is 9.91. The third-order valence-electron chi connectivity index (χ3n) is 3.30. The number of aromatic nitrogens is 1. The molecule has 0 aromatic carbocycles. The topological polar surface area (TPSA) is 31.6 Å². The van der Waals surface area contributed by atoms with E-state index in [1.807, 2.05) is 6.07 Å². The Morgan fingerprint density at radius 1 is 1.05 bits per heavy atom. The average Bonchev–Trinajstić information content (AvgIpc) is 2.40. The monoisotopic (exact) mass is 284 g/mol. The van der Waals surface area contributed by atoms with Gasteiger partial charge in [0.05, 0.1) is 6.04 Å². The van der Waals surface area contributed by atoms with Gasteiger partial charge in [0.1, 0.15) is 0 Å². The summed E-state index contributed by atoms with van der Waals surface area (Å²) >= 11 is 0. The Hall–Kier alpha value is -0.753. The Balaban J connectivity index is 2.89. The molecular weight excluding hydrogens is 258 g/mol. The normalized spacial score (nSPS) is 12.7. The van der Waals surface area contributed by atoms with E-state index in [-0.39, 0.29) is 5.41 Å². The lowest BCUT2D eigenvalue weighted by molar-refractivity contribution is -0.704. The van der Waals surface area contributed by atoms with Crippen LogP contribution in [0, 0.1) is 0 Å². The molecule has 1 aromatic heterocycles. The molecule has 0 radical (unpaired) electrons. The van der Waals surface area contributed by atoms with E-state index in [1.54, 1.807) is 21.3 Å². The summed E-state index contributed by atoms with van der Waals surface area (Å²) in [5, 5.41) is 0. The van der Waals surface area contributed by atoms with Crippen molar-refractivity contribution in [2.45, 2.75) is 38.8 Å². The summed E-state index contributed by atoms with van der Waals surface area (Å²) in [6.07, 6.45) is 2.10. The summed E-state index contributed by atoms with van der Waals surface area (Å²) in [5.74, 6) is 0. The summed E-state index contributed by atoms with van der Waals surface area (Å²) in [5.41, 5.74) is 1.40. The molecule has 0 aliphatic carbocycles. The Morgan fingerprint density at radius 2 is 1.63 bits per heavy atom. The first kappa shape index (κ1) is 16.3. The molecule has 0 aliphatic rings. The number of nitrogens with zero attached hydrogens (tertiary/aromatic N) is 1. The molecule has 19 heavy (non-hydrogen) atoms. The minimum Gasteiger partial charge on any atom is -0.377 e. The van der Waals surface area contributed by atoms with Gasteiger partial charge in [-0.05, 0) is 0 Å². The van der Waals surface area contributed by atoms with Gasteiger partial charge in [0, 0.05) is 38.9 Å². The summed E-state index contributed by atoms with van der Waals surface area (Å²) in [7, 11) is 2.45. The van der Waals surface area contributed by atoms with Gasteiger partial charge in [-0.15, -0.1) is 0 Å². The molecule has 0 saturated heterocycles. The first-order valence-corrected chi connectivity index (χ1v) is 8.46. The highest BCUT2D eigenvalue weighted by molar-refractivity contribution is 6.60. The molecule has 0 atom stereocenters. The lowest BCUT2D eigenvalue weighted by Crippen LogP contribution is -2.50. The molecule has 0 aliphatic heterocycles. The van der Waals surface area contributed by atoms with Gasteiger partial charge >= 0.3 is 8.80 Å². The lowest BCUT2D eigenvalue weighted by Gasteiger charge is -2.24. The maximum atomic E-state index is 5.46. The van der Waals surface area contributed by atoms with Crippen LogP contribution in [0.15, 0.2) is 24.4 Å². The van der Waals surface area contributed by atoms with Gasteiger partial charge in [-0.25, -0.2) is 4.57 Å². The minimum atomic E-state index is -2.50. The summed E-state index contributed by atoms with van der Waals surface area (Å²) < 4.78 is 18.6. The fraction of sp³-hybridized carbons (Fsp3) is 0.643. The van der Waals surface area contributed by atoms with E-state index in [9.17, 15) is 0 Å². The number of hydrogen-bond acceptors (Lipinski definition) is 3. The highest BCUT2D eigenvalue weighted by Gasteiger charge is 2.39. The Morgan fingerprint density at radius 3 is 2.11 bits per heavy atom. The molecule has 4 nitrogen and oxygen atoms in total. The van der Waals surface area contributed by atoms with E-state index >= 15 is 0 Å². The van der Waals surface area contributed by atoms with Crippen molar-refractivity contribution in [1.82, 2.24) is 0 Å². The van der Waals surface area contributed by atoms with E-state index in [1.165, 1.54) is 5.69 Å². The van der Waals surface area contributed by atoms with E-state index in [0.717, 1.165) is 12.6 Å². The molecular formula is C14H26NO3Si+. The number of rotatable bonds is 6. The second kappa shape index (κ2) is 6.61. The van der Waals surface area contributed by atoms with E-state index in [2.05, 4.69) is 43.7 Å². The van der Waals surface area contributed by atoms with Gasteiger partial charge in [0.25, 0.3) is 0 Å². The SMILES string of the molecule is CO[Si](CC[n+]1ccccc1C(C)(C)C)(OC)OC. The molecule has 0 unspecified atom stereocenters. The van der Waals surface area contributed by atoms with Gasteiger partial charge < -0.3 is 13.3 Å². The molecule has 1 aromatic rings.